The second-order valence-electron chi connectivity index (χ2n) is 11.5. The third-order valence-electron chi connectivity index (χ3n) is 8.31. The van der Waals surface area contributed by atoms with E-state index in [1.165, 1.54) is 22.2 Å². The first-order valence-electron chi connectivity index (χ1n) is 15.1. The summed E-state index contributed by atoms with van der Waals surface area (Å²) in [5.74, 6) is 0.301. The smallest absolute Gasteiger partial charge is 0.192 e. The van der Waals surface area contributed by atoms with E-state index < -0.39 is 0 Å². The van der Waals surface area contributed by atoms with E-state index in [-0.39, 0.29) is 27.8 Å². The predicted molar refractivity (Wildman–Crippen MR) is 183 cm³/mol. The fourth-order valence-corrected chi connectivity index (χ4v) is 6.29. The molecular weight excluding hydrogens is 732 g/mol. The van der Waals surface area contributed by atoms with Crippen molar-refractivity contribution in [2.45, 2.75) is 33.1 Å². The predicted octanol–water partition coefficient (Wildman–Crippen LogP) is 5.90. The molecule has 2 aliphatic rings. The van der Waals surface area contributed by atoms with Crippen molar-refractivity contribution in [2.75, 3.05) is 9.91 Å². The van der Waals surface area contributed by atoms with Gasteiger partial charge >= 0.3 is 0 Å². The summed E-state index contributed by atoms with van der Waals surface area (Å²) in [6.07, 6.45) is 13.5. The van der Waals surface area contributed by atoms with Gasteiger partial charge in [-0.3, -0.25) is 4.68 Å². The van der Waals surface area contributed by atoms with Gasteiger partial charge in [-0.25, -0.2) is 0 Å². The first kappa shape index (κ1) is 30.6. The quantitative estimate of drug-likeness (QED) is 0.153. The van der Waals surface area contributed by atoms with Gasteiger partial charge in [0.1, 0.15) is 0 Å². The summed E-state index contributed by atoms with van der Waals surface area (Å²) >= 11 is 0. The van der Waals surface area contributed by atoms with Crippen LogP contribution in [0.2, 0.25) is 0 Å². The van der Waals surface area contributed by atoms with Crippen molar-refractivity contribution >= 4 is 40.8 Å². The van der Waals surface area contributed by atoms with E-state index >= 15 is 0 Å². The number of allylic oxidation sites excluding steroid dienone is 4. The molecule has 2 heterocycles. The van der Waals surface area contributed by atoms with Gasteiger partial charge in [0, 0.05) is 38.9 Å². The molecule has 7 rings (SSSR count). The van der Waals surface area contributed by atoms with Gasteiger partial charge < -0.3 is 9.91 Å². The second kappa shape index (κ2) is 13.3. The van der Waals surface area contributed by atoms with Crippen molar-refractivity contribution in [3.8, 4) is 5.69 Å². The summed E-state index contributed by atoms with van der Waals surface area (Å²) in [6, 6.07) is 37.0. The summed E-state index contributed by atoms with van der Waals surface area (Å²) in [5.41, 5.74) is 11.1. The van der Waals surface area contributed by atoms with Crippen LogP contribution in [0.5, 0.6) is 0 Å². The molecule has 1 aliphatic heterocycles. The maximum atomic E-state index is 4.96. The number of rotatable bonds is 7. The Morgan fingerprint density at radius 1 is 0.822 bits per heavy atom. The second-order valence-corrected chi connectivity index (χ2v) is 11.5. The maximum Gasteiger partial charge on any atom is 0.192 e. The number of nitrogens with zero attached hydrogens (tertiary/aromatic N) is 5. The maximum absolute atomic E-state index is 4.96. The molecule has 0 spiro atoms. The molecule has 5 aromatic rings. The van der Waals surface area contributed by atoms with Crippen LogP contribution in [0.3, 0.4) is 0 Å². The number of anilines is 2. The van der Waals surface area contributed by atoms with Gasteiger partial charge in [0.2, 0.25) is 0 Å². The third kappa shape index (κ3) is 6.39. The molecule has 1 aliphatic carbocycles. The molecule has 0 radical (unpaired) electrons. The first-order chi connectivity index (χ1) is 21.5. The van der Waals surface area contributed by atoms with Crippen LogP contribution in [0.15, 0.2) is 121 Å². The van der Waals surface area contributed by atoms with Gasteiger partial charge in [0.25, 0.3) is 0 Å². The van der Waals surface area contributed by atoms with Crippen LogP contribution in [-0.2, 0) is 21.1 Å². The van der Waals surface area contributed by atoms with Gasteiger partial charge in [0.15, 0.2) is 6.71 Å². The van der Waals surface area contributed by atoms with E-state index in [0.717, 1.165) is 40.1 Å². The van der Waals surface area contributed by atoms with Gasteiger partial charge in [-0.1, -0.05) is 82.5 Å². The van der Waals surface area contributed by atoms with Crippen LogP contribution < -0.4 is 26.3 Å². The van der Waals surface area contributed by atoms with Crippen molar-refractivity contribution < 1.29 is 21.1 Å². The van der Waals surface area contributed by atoms with Crippen molar-refractivity contribution in [2.24, 2.45) is 5.10 Å². The summed E-state index contributed by atoms with van der Waals surface area (Å²) in [5, 5.41) is 11.5. The van der Waals surface area contributed by atoms with Crippen LogP contribution >= 0.6 is 0 Å². The molecule has 226 valence electrons. The summed E-state index contributed by atoms with van der Waals surface area (Å²) in [6.45, 7) is 8.48. The molecule has 7 heteroatoms. The molecule has 1 aromatic heterocycles. The summed E-state index contributed by atoms with van der Waals surface area (Å²) < 4.78 is 1.95. The molecule has 0 fully saturated rings. The van der Waals surface area contributed by atoms with Crippen molar-refractivity contribution in [1.29, 1.82) is 0 Å². The largest absolute Gasteiger partial charge is 0.463 e. The SMILES string of the molecule is Cc1cc(C)c(B(c2[c-]c(N3[CH-]N(c4ccccc4)C=N3)ccc2)c2[c-]c(-n3ccc([C@@H]4C=CC=CC4)n3)ccc2)c(C)c1.[Pt]. The molecule has 1 atom stereocenters. The van der Waals surface area contributed by atoms with E-state index in [4.69, 9.17) is 5.10 Å². The summed E-state index contributed by atoms with van der Waals surface area (Å²) in [4.78, 5) is 2.02. The number of benzene rings is 4. The van der Waals surface area contributed by atoms with Gasteiger partial charge in [-0.15, -0.1) is 18.8 Å². The molecule has 0 amide bonds. The molecule has 0 N–H and O–H groups in total. The fourth-order valence-electron chi connectivity index (χ4n) is 6.29. The first-order valence-corrected chi connectivity index (χ1v) is 15.1. The molecule has 0 bridgehead atoms. The zero-order valence-electron chi connectivity index (χ0n) is 25.5. The van der Waals surface area contributed by atoms with Crippen LogP contribution in [0.25, 0.3) is 5.69 Å². The Bertz CT molecular complexity index is 1870. The fraction of sp³-hybridized carbons (Fsp3) is 0.132. The average Bonchev–Trinajstić information content (AvgIpc) is 3.75. The van der Waals surface area contributed by atoms with Gasteiger partial charge in [-0.2, -0.15) is 57.5 Å². The Hall–Kier alpha value is -4.41. The minimum absolute atomic E-state index is 0. The molecule has 0 saturated heterocycles. The van der Waals surface area contributed by atoms with Crippen LogP contribution in [0, 0.1) is 39.6 Å². The molecule has 0 saturated carbocycles. The molecule has 45 heavy (non-hydrogen) atoms. The Morgan fingerprint density at radius 2 is 1.53 bits per heavy atom. The Kier molecular flexibility index (Phi) is 9.05. The van der Waals surface area contributed by atoms with Crippen molar-refractivity contribution in [3.63, 3.8) is 0 Å². The van der Waals surface area contributed by atoms with Gasteiger partial charge in [-0.05, 0) is 51.1 Å². The molecular formula is C38H33BN5Pt-3. The van der Waals surface area contributed by atoms with Crippen LogP contribution in [0.1, 0.15) is 34.7 Å². The number of aromatic nitrogens is 2. The zero-order chi connectivity index (χ0) is 30.0. The summed E-state index contributed by atoms with van der Waals surface area (Å²) in [7, 11) is 0. The number of hydrogen-bond acceptors (Lipinski definition) is 4. The minimum Gasteiger partial charge on any atom is -0.463 e. The molecule has 4 aromatic carbocycles. The van der Waals surface area contributed by atoms with E-state index in [0.29, 0.717) is 5.92 Å². The minimum atomic E-state index is -0.0752. The molecule has 0 unspecified atom stereocenters. The Labute approximate surface area is 280 Å². The Balaban J connectivity index is 0.00000357. The van der Waals surface area contributed by atoms with Crippen molar-refractivity contribution in [3.05, 3.63) is 157 Å². The third-order valence-corrected chi connectivity index (χ3v) is 8.31. The topological polar surface area (TPSA) is 36.7 Å². The number of hydrazone groups is 1. The monoisotopic (exact) mass is 765 g/mol. The van der Waals surface area contributed by atoms with E-state index in [2.05, 4.69) is 129 Å². The van der Waals surface area contributed by atoms with Crippen LogP contribution in [0.4, 0.5) is 11.4 Å². The number of aryl methyl sites for hydroxylation is 3. The van der Waals surface area contributed by atoms with E-state index in [1.807, 2.05) is 52.0 Å². The van der Waals surface area contributed by atoms with E-state index in [1.54, 1.807) is 0 Å². The van der Waals surface area contributed by atoms with Crippen LogP contribution in [-0.4, -0.2) is 22.8 Å². The number of para-hydroxylation sites is 1. The zero-order valence-corrected chi connectivity index (χ0v) is 27.8. The van der Waals surface area contributed by atoms with Crippen molar-refractivity contribution in [1.82, 2.24) is 9.78 Å². The standard InChI is InChI=1S/C38H33BN5.Pt/c1-28-22-29(2)38(30(3)23-28)39(32-14-10-18-35(24-32)43-21-20-37(41-43)31-12-6-4-7-13-31)33-15-11-19-36(25-33)44-27-42(26-40-44)34-16-8-5-9-17-34;/h4-12,14-23,26-27,31H,13H2,1-3H3;/q-3;/t31-;/m1./s1. The number of hydrogen-bond donors (Lipinski definition) is 0. The van der Waals surface area contributed by atoms with E-state index in [9.17, 15) is 0 Å². The Morgan fingerprint density at radius 3 is 2.24 bits per heavy atom. The average molecular weight is 766 g/mol. The van der Waals surface area contributed by atoms with Gasteiger partial charge in [0.05, 0.1) is 12.0 Å². The molecule has 5 nitrogen and oxygen atoms in total. The normalized spacial score (nSPS) is 15.4.